The maximum atomic E-state index is 13.2. The molecule has 1 rings (SSSR count). The number of carbonyl (C=O) groups excluding carboxylic acids is 1. The molecule has 27 heavy (non-hydrogen) atoms. The molecule has 1 aromatic carbocycles. The van der Waals surface area contributed by atoms with Crippen LogP contribution in [0.3, 0.4) is 0 Å². The van der Waals surface area contributed by atoms with E-state index in [-0.39, 0.29) is 18.4 Å². The topological polar surface area (TPSA) is 88.1 Å². The Morgan fingerprint density at radius 2 is 1.70 bits per heavy atom. The van der Waals surface area contributed by atoms with E-state index >= 15 is 0 Å². The van der Waals surface area contributed by atoms with Crippen molar-refractivity contribution in [1.29, 1.82) is 0 Å². The highest BCUT2D eigenvalue weighted by molar-refractivity contribution is 5.85. The van der Waals surface area contributed by atoms with E-state index in [4.69, 9.17) is 14.6 Å². The summed E-state index contributed by atoms with van der Waals surface area (Å²) < 4.78 is 11.2. The second kappa shape index (κ2) is 12.3. The average Bonchev–Trinajstić information content (AvgIpc) is 2.65. The minimum atomic E-state index is -1.21. The maximum absolute atomic E-state index is 13.2. The lowest BCUT2D eigenvalue weighted by molar-refractivity contribution is -0.161. The van der Waals surface area contributed by atoms with Crippen molar-refractivity contribution < 1.29 is 24.2 Å². The number of nitrogens with zero attached hydrogens (tertiary/aromatic N) is 1. The summed E-state index contributed by atoms with van der Waals surface area (Å²) in [4.78, 5) is 26.0. The first-order chi connectivity index (χ1) is 12.9. The molecule has 2 atom stereocenters. The van der Waals surface area contributed by atoms with Crippen LogP contribution in [-0.2, 0) is 20.8 Å². The Kier molecular flexibility index (Phi) is 10.4. The summed E-state index contributed by atoms with van der Waals surface area (Å²) in [5, 5.41) is 11.5. The third-order valence-corrected chi connectivity index (χ3v) is 4.36. The molecule has 0 radical (unpaired) electrons. The molecule has 0 aromatic heterocycles. The number of amides is 2. The Morgan fingerprint density at radius 3 is 2.19 bits per heavy atom. The van der Waals surface area contributed by atoms with E-state index in [1.54, 1.807) is 4.90 Å². The molecule has 7 heteroatoms. The summed E-state index contributed by atoms with van der Waals surface area (Å²) in [7, 11) is 0. The highest BCUT2D eigenvalue weighted by atomic mass is 16.7. The summed E-state index contributed by atoms with van der Waals surface area (Å²) in [5.74, 6) is -0.412. The highest BCUT2D eigenvalue weighted by Crippen LogP contribution is 2.15. The number of benzene rings is 1. The molecule has 0 aliphatic rings. The Balaban J connectivity index is 3.07. The van der Waals surface area contributed by atoms with Crippen molar-refractivity contribution in [1.82, 2.24) is 10.2 Å². The summed E-state index contributed by atoms with van der Waals surface area (Å²) in [6.07, 6.45) is -1.09. The Bertz CT molecular complexity index is 561. The van der Waals surface area contributed by atoms with E-state index in [0.29, 0.717) is 26.2 Å². The van der Waals surface area contributed by atoms with Crippen molar-refractivity contribution >= 4 is 12.0 Å². The standard InChI is InChI=1S/C20H32N2O5/c1-5-15(4)18(21-20(24)25)19(23)22(13-16-11-9-8-10-12-16)14-17(26-6-2)27-7-3/h8-12,15,17-18,21H,5-7,13-14H2,1-4H3,(H,24,25)/t15-,18-/m0/s1. The third kappa shape index (κ3) is 7.97. The molecule has 0 saturated heterocycles. The molecule has 152 valence electrons. The van der Waals surface area contributed by atoms with Gasteiger partial charge in [0.15, 0.2) is 6.29 Å². The van der Waals surface area contributed by atoms with Crippen LogP contribution < -0.4 is 5.32 Å². The van der Waals surface area contributed by atoms with Gasteiger partial charge in [-0.2, -0.15) is 0 Å². The molecule has 0 aliphatic carbocycles. The van der Waals surface area contributed by atoms with Gasteiger partial charge in [-0.25, -0.2) is 4.79 Å². The van der Waals surface area contributed by atoms with E-state index in [0.717, 1.165) is 5.56 Å². The SMILES string of the molecule is CCOC(CN(Cc1ccccc1)C(=O)[C@@H](NC(=O)O)[C@@H](C)CC)OCC. The van der Waals surface area contributed by atoms with Crippen molar-refractivity contribution in [3.05, 3.63) is 35.9 Å². The van der Waals surface area contributed by atoms with Crippen molar-refractivity contribution in [2.24, 2.45) is 5.92 Å². The van der Waals surface area contributed by atoms with Gasteiger partial charge in [-0.15, -0.1) is 0 Å². The predicted octanol–water partition coefficient (Wildman–Crippen LogP) is 3.10. The number of ether oxygens (including phenoxy) is 2. The summed E-state index contributed by atoms with van der Waals surface area (Å²) in [5.41, 5.74) is 0.954. The van der Waals surface area contributed by atoms with Gasteiger partial charge in [-0.05, 0) is 25.3 Å². The summed E-state index contributed by atoms with van der Waals surface area (Å²) in [6.45, 7) is 9.02. The largest absolute Gasteiger partial charge is 0.465 e. The fourth-order valence-electron chi connectivity index (χ4n) is 2.75. The third-order valence-electron chi connectivity index (χ3n) is 4.36. The van der Waals surface area contributed by atoms with Gasteiger partial charge in [0.05, 0.1) is 6.54 Å². The van der Waals surface area contributed by atoms with Gasteiger partial charge in [0, 0.05) is 19.8 Å². The molecule has 0 aliphatic heterocycles. The number of rotatable bonds is 12. The first kappa shape index (κ1) is 22.9. The molecule has 2 N–H and O–H groups in total. The second-order valence-electron chi connectivity index (χ2n) is 6.36. The van der Waals surface area contributed by atoms with Crippen molar-refractivity contribution in [2.75, 3.05) is 19.8 Å². The number of hydrogen-bond acceptors (Lipinski definition) is 4. The van der Waals surface area contributed by atoms with Crippen LogP contribution >= 0.6 is 0 Å². The van der Waals surface area contributed by atoms with Gasteiger partial charge in [0.1, 0.15) is 6.04 Å². The van der Waals surface area contributed by atoms with Gasteiger partial charge >= 0.3 is 6.09 Å². The number of nitrogens with one attached hydrogen (secondary N) is 1. The van der Waals surface area contributed by atoms with E-state index in [1.807, 2.05) is 58.0 Å². The Morgan fingerprint density at radius 1 is 1.11 bits per heavy atom. The zero-order valence-electron chi connectivity index (χ0n) is 16.7. The average molecular weight is 380 g/mol. The fraction of sp³-hybridized carbons (Fsp3) is 0.600. The van der Waals surface area contributed by atoms with Crippen molar-refractivity contribution in [2.45, 2.75) is 53.0 Å². The Hall–Kier alpha value is -2.12. The van der Waals surface area contributed by atoms with Crippen LogP contribution in [0.1, 0.15) is 39.7 Å². The molecule has 7 nitrogen and oxygen atoms in total. The zero-order chi connectivity index (χ0) is 20.2. The second-order valence-corrected chi connectivity index (χ2v) is 6.36. The molecule has 2 amide bonds. The zero-order valence-corrected chi connectivity index (χ0v) is 16.7. The van der Waals surface area contributed by atoms with Gasteiger partial charge in [-0.3, -0.25) is 4.79 Å². The van der Waals surface area contributed by atoms with Gasteiger partial charge in [-0.1, -0.05) is 50.6 Å². The predicted molar refractivity (Wildman–Crippen MR) is 103 cm³/mol. The lowest BCUT2D eigenvalue weighted by Crippen LogP contribution is -2.53. The lowest BCUT2D eigenvalue weighted by Gasteiger charge is -2.32. The summed E-state index contributed by atoms with van der Waals surface area (Å²) >= 11 is 0. The minimum absolute atomic E-state index is 0.135. The molecule has 0 heterocycles. The fourth-order valence-corrected chi connectivity index (χ4v) is 2.75. The Labute approximate surface area is 161 Å². The normalized spacial score (nSPS) is 13.2. The molecule has 0 unspecified atom stereocenters. The molecule has 0 spiro atoms. The first-order valence-corrected chi connectivity index (χ1v) is 9.48. The van der Waals surface area contributed by atoms with E-state index in [9.17, 15) is 9.59 Å². The number of carboxylic acid groups (broad SMARTS) is 1. The summed E-state index contributed by atoms with van der Waals surface area (Å²) in [6, 6.07) is 8.76. The van der Waals surface area contributed by atoms with Crippen LogP contribution in [0.15, 0.2) is 30.3 Å². The monoisotopic (exact) mass is 380 g/mol. The van der Waals surface area contributed by atoms with Crippen LogP contribution in [0.4, 0.5) is 4.79 Å². The lowest BCUT2D eigenvalue weighted by atomic mass is 9.97. The van der Waals surface area contributed by atoms with Crippen LogP contribution in [0.2, 0.25) is 0 Å². The van der Waals surface area contributed by atoms with Crippen LogP contribution in [0, 0.1) is 5.92 Å². The van der Waals surface area contributed by atoms with Crippen LogP contribution in [0.25, 0.3) is 0 Å². The quantitative estimate of drug-likeness (QED) is 0.544. The molecular weight excluding hydrogens is 348 g/mol. The number of carbonyl (C=O) groups is 2. The van der Waals surface area contributed by atoms with E-state index in [2.05, 4.69) is 5.32 Å². The smallest absolute Gasteiger partial charge is 0.405 e. The number of hydrogen-bond donors (Lipinski definition) is 2. The van der Waals surface area contributed by atoms with Gasteiger partial charge < -0.3 is 24.8 Å². The van der Waals surface area contributed by atoms with Crippen molar-refractivity contribution in [3.63, 3.8) is 0 Å². The first-order valence-electron chi connectivity index (χ1n) is 9.48. The van der Waals surface area contributed by atoms with Crippen LogP contribution in [0.5, 0.6) is 0 Å². The highest BCUT2D eigenvalue weighted by Gasteiger charge is 2.31. The molecule has 1 aromatic rings. The molecule has 0 fully saturated rings. The maximum Gasteiger partial charge on any atom is 0.405 e. The van der Waals surface area contributed by atoms with Gasteiger partial charge in [0.2, 0.25) is 5.91 Å². The molecule has 0 saturated carbocycles. The molecule has 0 bridgehead atoms. The van der Waals surface area contributed by atoms with E-state index in [1.165, 1.54) is 0 Å². The van der Waals surface area contributed by atoms with E-state index < -0.39 is 18.4 Å². The van der Waals surface area contributed by atoms with Crippen LogP contribution in [-0.4, -0.2) is 54.1 Å². The van der Waals surface area contributed by atoms with Crippen molar-refractivity contribution in [3.8, 4) is 0 Å². The van der Waals surface area contributed by atoms with Gasteiger partial charge in [0.25, 0.3) is 0 Å². The molecular formula is C20H32N2O5. The minimum Gasteiger partial charge on any atom is -0.465 e.